The summed E-state index contributed by atoms with van der Waals surface area (Å²) in [6.45, 7) is 7.01. The number of hydrogen-bond acceptors (Lipinski definition) is 6. The van der Waals surface area contributed by atoms with E-state index in [0.717, 1.165) is 16.1 Å². The highest BCUT2D eigenvalue weighted by atomic mass is 32.2. The van der Waals surface area contributed by atoms with Crippen molar-refractivity contribution < 1.29 is 26.4 Å². The Hall–Kier alpha value is -4.13. The molecule has 0 bridgehead atoms. The molecule has 216 valence electrons. The van der Waals surface area contributed by atoms with E-state index >= 15 is 4.39 Å². The first-order chi connectivity index (χ1) is 20.0. The lowest BCUT2D eigenvalue weighted by Crippen LogP contribution is -2.22. The summed E-state index contributed by atoms with van der Waals surface area (Å²) in [6.07, 6.45) is 2.88. The smallest absolute Gasteiger partial charge is 0.345 e. The minimum Gasteiger partial charge on any atom is -0.422 e. The summed E-state index contributed by atoms with van der Waals surface area (Å²) in [5.74, 6) is -2.23. The number of benzene rings is 2. The number of hydrogen-bond donors (Lipinski definition) is 0. The number of fused-ring (bicyclic) bond motifs is 4. The molecule has 4 heterocycles. The van der Waals surface area contributed by atoms with Crippen molar-refractivity contribution in [3.63, 3.8) is 0 Å². The van der Waals surface area contributed by atoms with Crippen molar-refractivity contribution in [3.8, 4) is 11.3 Å². The molecule has 12 heteroatoms. The molecular weight excluding hydrogens is 580 g/mol. The van der Waals surface area contributed by atoms with Gasteiger partial charge in [-0.15, -0.1) is 0 Å². The molecule has 0 aliphatic heterocycles. The van der Waals surface area contributed by atoms with Gasteiger partial charge in [-0.2, -0.15) is 0 Å². The third-order valence-corrected chi connectivity index (χ3v) is 10.5. The second-order valence-corrected chi connectivity index (χ2v) is 18.7. The van der Waals surface area contributed by atoms with Crippen LogP contribution in [0.25, 0.3) is 44.2 Å². The van der Waals surface area contributed by atoms with Crippen molar-refractivity contribution in [1.29, 1.82) is 0 Å². The van der Waals surface area contributed by atoms with Gasteiger partial charge in [0, 0.05) is 38.0 Å². The second-order valence-electron chi connectivity index (χ2n) is 11.2. The number of nitrogens with zero attached hydrogens (tertiary/aromatic N) is 3. The zero-order valence-electron chi connectivity index (χ0n) is 23.1. The van der Waals surface area contributed by atoms with E-state index in [1.165, 1.54) is 36.7 Å². The van der Waals surface area contributed by atoms with Gasteiger partial charge in [-0.3, -0.25) is 0 Å². The Morgan fingerprint density at radius 2 is 1.76 bits per heavy atom. The predicted molar refractivity (Wildman–Crippen MR) is 160 cm³/mol. The summed E-state index contributed by atoms with van der Waals surface area (Å²) < 4.78 is 70.7. The molecule has 8 nitrogen and oxygen atoms in total. The molecule has 2 aromatic carbocycles. The maximum Gasteiger partial charge on any atom is 0.345 e. The highest BCUT2D eigenvalue weighted by Crippen LogP contribution is 2.36. The van der Waals surface area contributed by atoms with Crippen molar-refractivity contribution in [1.82, 2.24) is 13.5 Å². The van der Waals surface area contributed by atoms with Gasteiger partial charge in [-0.25, -0.2) is 30.9 Å². The van der Waals surface area contributed by atoms with Crippen LogP contribution in [-0.4, -0.2) is 36.6 Å². The molecule has 0 saturated carbocycles. The van der Waals surface area contributed by atoms with Gasteiger partial charge in [0.05, 0.1) is 26.9 Å². The fourth-order valence-corrected chi connectivity index (χ4v) is 7.08. The third kappa shape index (κ3) is 4.74. The van der Waals surface area contributed by atoms with E-state index in [4.69, 9.17) is 9.15 Å². The molecular formula is C30H27F2N3O5SSi. The van der Waals surface area contributed by atoms with E-state index in [-0.39, 0.29) is 39.1 Å². The van der Waals surface area contributed by atoms with Gasteiger partial charge < -0.3 is 13.7 Å². The van der Waals surface area contributed by atoms with Crippen LogP contribution < -0.4 is 5.63 Å². The van der Waals surface area contributed by atoms with E-state index in [9.17, 15) is 17.6 Å². The second kappa shape index (κ2) is 10.3. The van der Waals surface area contributed by atoms with Crippen LogP contribution in [0.15, 0.2) is 87.2 Å². The van der Waals surface area contributed by atoms with E-state index in [2.05, 4.69) is 24.6 Å². The molecule has 4 aromatic heterocycles. The van der Waals surface area contributed by atoms with Gasteiger partial charge in [-0.1, -0.05) is 37.8 Å². The predicted octanol–water partition coefficient (Wildman–Crippen LogP) is 6.59. The SMILES string of the molecule is C[Si](C)(C)CCOCn1c(-c2ccnc3c2ccn3S(=O)(=O)c2ccccc2)cc2c(=O)oc3ccc(F)c(F)c3c21. The van der Waals surface area contributed by atoms with Crippen LogP contribution in [0.2, 0.25) is 25.7 Å². The lowest BCUT2D eigenvalue weighted by Gasteiger charge is -2.17. The zero-order chi connectivity index (χ0) is 29.8. The van der Waals surface area contributed by atoms with Crippen molar-refractivity contribution in [2.75, 3.05) is 6.61 Å². The highest BCUT2D eigenvalue weighted by Gasteiger charge is 2.25. The third-order valence-electron chi connectivity index (χ3n) is 7.16. The summed E-state index contributed by atoms with van der Waals surface area (Å²) >= 11 is 0. The first-order valence-corrected chi connectivity index (χ1v) is 18.4. The Morgan fingerprint density at radius 1 is 1.00 bits per heavy atom. The number of aromatic nitrogens is 3. The number of ether oxygens (including phenoxy) is 1. The van der Waals surface area contributed by atoms with Gasteiger partial charge in [0.2, 0.25) is 0 Å². The van der Waals surface area contributed by atoms with Gasteiger partial charge >= 0.3 is 5.63 Å². The van der Waals surface area contributed by atoms with Crippen LogP contribution >= 0.6 is 0 Å². The molecule has 6 aromatic rings. The largest absolute Gasteiger partial charge is 0.422 e. The van der Waals surface area contributed by atoms with Gasteiger partial charge in [0.15, 0.2) is 17.3 Å². The van der Waals surface area contributed by atoms with E-state index in [1.807, 2.05) is 0 Å². The Balaban J connectivity index is 1.59. The molecule has 6 rings (SSSR count). The number of pyridine rings is 1. The first kappa shape index (κ1) is 28.0. The lowest BCUT2D eigenvalue weighted by atomic mass is 10.1. The van der Waals surface area contributed by atoms with E-state index in [0.29, 0.717) is 23.3 Å². The average molecular weight is 608 g/mol. The molecule has 0 aliphatic rings. The van der Waals surface area contributed by atoms with E-state index < -0.39 is 35.4 Å². The Kier molecular flexibility index (Phi) is 6.87. The van der Waals surface area contributed by atoms with Crippen LogP contribution in [0.3, 0.4) is 0 Å². The fourth-order valence-electron chi connectivity index (χ4n) is 5.00. The molecule has 0 aliphatic carbocycles. The van der Waals surface area contributed by atoms with Crippen LogP contribution in [0.4, 0.5) is 8.78 Å². The molecule has 0 spiro atoms. The van der Waals surface area contributed by atoms with Crippen LogP contribution in [-0.2, 0) is 21.5 Å². The molecule has 42 heavy (non-hydrogen) atoms. The molecule has 0 fully saturated rings. The first-order valence-electron chi connectivity index (χ1n) is 13.3. The summed E-state index contributed by atoms with van der Waals surface area (Å²) in [5.41, 5.74) is 0.434. The van der Waals surface area contributed by atoms with Gasteiger partial charge in [0.1, 0.15) is 12.3 Å². The Bertz CT molecular complexity index is 2150. The maximum absolute atomic E-state index is 15.3. The molecule has 0 radical (unpaired) electrons. The fraction of sp³-hybridized carbons (Fsp3) is 0.200. The standard InChI is InChI=1S/C30H27F2N3O5SSi/c1-42(2,3)16-15-39-18-34-24(17-22-28(34)26-25(40-30(22)36)10-9-23(31)27(26)32)20-11-13-33-29-21(20)12-14-35(29)41(37,38)19-7-5-4-6-8-19/h4-14,17H,15-16,18H2,1-3H3. The molecule has 0 saturated heterocycles. The monoisotopic (exact) mass is 607 g/mol. The summed E-state index contributed by atoms with van der Waals surface area (Å²) in [4.78, 5) is 17.5. The quantitative estimate of drug-likeness (QED) is 0.110. The van der Waals surface area contributed by atoms with Crippen molar-refractivity contribution >= 4 is 51.0 Å². The highest BCUT2D eigenvalue weighted by molar-refractivity contribution is 7.90. The van der Waals surface area contributed by atoms with Crippen molar-refractivity contribution in [2.45, 2.75) is 37.3 Å². The van der Waals surface area contributed by atoms with Crippen molar-refractivity contribution in [2.24, 2.45) is 0 Å². The summed E-state index contributed by atoms with van der Waals surface area (Å²) in [7, 11) is -5.40. The zero-order valence-corrected chi connectivity index (χ0v) is 24.9. The minimum atomic E-state index is -3.96. The molecule has 0 unspecified atom stereocenters. The van der Waals surface area contributed by atoms with Crippen LogP contribution in [0.5, 0.6) is 0 Å². The summed E-state index contributed by atoms with van der Waals surface area (Å²) in [5, 5.41) is 0.333. The topological polar surface area (TPSA) is 96.3 Å². The number of halogens is 2. The molecule has 0 amide bonds. The molecule has 0 N–H and O–H groups in total. The summed E-state index contributed by atoms with van der Waals surface area (Å²) in [6, 6.07) is 15.8. The van der Waals surface area contributed by atoms with Crippen LogP contribution in [0, 0.1) is 11.6 Å². The van der Waals surface area contributed by atoms with Gasteiger partial charge in [-0.05, 0) is 48.5 Å². The Labute approximate surface area is 240 Å². The van der Waals surface area contributed by atoms with Crippen LogP contribution in [0.1, 0.15) is 0 Å². The molecule has 0 atom stereocenters. The van der Waals surface area contributed by atoms with E-state index in [1.54, 1.807) is 34.9 Å². The van der Waals surface area contributed by atoms with Crippen molar-refractivity contribution in [3.05, 3.63) is 95.1 Å². The normalized spacial score (nSPS) is 12.6. The average Bonchev–Trinajstić information content (AvgIpc) is 3.56. The number of rotatable bonds is 8. The Morgan fingerprint density at radius 3 is 2.50 bits per heavy atom. The lowest BCUT2D eigenvalue weighted by molar-refractivity contribution is 0.0914. The maximum atomic E-state index is 15.3. The minimum absolute atomic E-state index is 0.0390. The van der Waals surface area contributed by atoms with Gasteiger partial charge in [0.25, 0.3) is 10.0 Å².